The largest absolute Gasteiger partial charge is 0.349 e. The molecule has 0 bridgehead atoms. The number of hydrogen-bond donors (Lipinski definition) is 1. The minimum absolute atomic E-state index is 0.338. The van der Waals surface area contributed by atoms with E-state index in [0.29, 0.717) is 38.3 Å². The molecule has 4 rings (SSSR count). The molecule has 33 heavy (non-hydrogen) atoms. The lowest BCUT2D eigenvalue weighted by atomic mass is 9.98. The van der Waals surface area contributed by atoms with Crippen molar-refractivity contribution in [2.24, 2.45) is 4.99 Å². The zero-order valence-electron chi connectivity index (χ0n) is 18.5. The van der Waals surface area contributed by atoms with Gasteiger partial charge in [-0.25, -0.2) is 4.99 Å². The van der Waals surface area contributed by atoms with Crippen LogP contribution >= 0.6 is 23.2 Å². The van der Waals surface area contributed by atoms with E-state index in [2.05, 4.69) is 5.32 Å². The Morgan fingerprint density at radius 1 is 0.939 bits per heavy atom. The third-order valence-corrected chi connectivity index (χ3v) is 5.58. The van der Waals surface area contributed by atoms with Crippen molar-refractivity contribution in [2.75, 3.05) is 4.90 Å². The van der Waals surface area contributed by atoms with Crippen LogP contribution in [0.15, 0.2) is 77.8 Å². The molecule has 1 aliphatic heterocycles. The van der Waals surface area contributed by atoms with Crippen LogP contribution in [-0.4, -0.2) is 29.1 Å². The average molecular weight is 480 g/mol. The first-order valence-electron chi connectivity index (χ1n) is 10.5. The zero-order valence-corrected chi connectivity index (χ0v) is 20.0. The number of hydrogen-bond acceptors (Lipinski definition) is 3. The fourth-order valence-electron chi connectivity index (χ4n) is 3.72. The van der Waals surface area contributed by atoms with Crippen molar-refractivity contribution in [3.8, 4) is 0 Å². The number of benzene rings is 3. The number of anilines is 1. The van der Waals surface area contributed by atoms with E-state index in [-0.39, 0.29) is 11.8 Å². The van der Waals surface area contributed by atoms with Crippen LogP contribution in [0.3, 0.4) is 0 Å². The van der Waals surface area contributed by atoms with Crippen molar-refractivity contribution in [1.82, 2.24) is 5.32 Å². The summed E-state index contributed by atoms with van der Waals surface area (Å²) in [7, 11) is 0. The number of carbonyl (C=O) groups is 2. The van der Waals surface area contributed by atoms with E-state index >= 15 is 0 Å². The summed E-state index contributed by atoms with van der Waals surface area (Å²) in [6.07, 6.45) is 0. The van der Waals surface area contributed by atoms with E-state index in [1.807, 2.05) is 39.0 Å². The van der Waals surface area contributed by atoms with Gasteiger partial charge in [-0.05, 0) is 68.8 Å². The van der Waals surface area contributed by atoms with E-state index in [0.717, 1.165) is 0 Å². The number of aliphatic imine (C=N–C) groups is 1. The fraction of sp³-hybridized carbons (Fsp3) is 0.192. The second kappa shape index (κ2) is 9.00. The van der Waals surface area contributed by atoms with Crippen LogP contribution in [0.1, 0.15) is 36.7 Å². The highest BCUT2D eigenvalue weighted by Crippen LogP contribution is 2.34. The molecule has 1 heterocycles. The quantitative estimate of drug-likeness (QED) is 0.496. The van der Waals surface area contributed by atoms with Crippen molar-refractivity contribution in [2.45, 2.75) is 32.4 Å². The third kappa shape index (κ3) is 4.95. The number of nitrogens with one attached hydrogen (secondary N) is 1. The van der Waals surface area contributed by atoms with Crippen molar-refractivity contribution >= 4 is 52.1 Å². The molecular weight excluding hydrogens is 457 g/mol. The molecule has 3 aromatic rings. The summed E-state index contributed by atoms with van der Waals surface area (Å²) >= 11 is 12.4. The molecule has 0 aliphatic carbocycles. The molecule has 1 unspecified atom stereocenters. The van der Waals surface area contributed by atoms with Crippen molar-refractivity contribution in [3.05, 3.63) is 94.0 Å². The van der Waals surface area contributed by atoms with E-state index in [9.17, 15) is 9.59 Å². The average Bonchev–Trinajstić information content (AvgIpc) is 2.88. The van der Waals surface area contributed by atoms with Gasteiger partial charge < -0.3 is 5.32 Å². The van der Waals surface area contributed by atoms with Gasteiger partial charge in [0.25, 0.3) is 5.91 Å². The Kier molecular flexibility index (Phi) is 6.28. The van der Waals surface area contributed by atoms with Crippen LogP contribution in [0, 0.1) is 0 Å². The summed E-state index contributed by atoms with van der Waals surface area (Å²) in [4.78, 5) is 33.9. The number of nitrogens with zero attached hydrogens (tertiary/aromatic N) is 2. The summed E-state index contributed by atoms with van der Waals surface area (Å²) in [6.45, 7) is 5.68. The smallest absolute Gasteiger partial charge is 0.261 e. The first kappa shape index (κ1) is 23.0. The highest BCUT2D eigenvalue weighted by Gasteiger charge is 2.40. The molecule has 168 valence electrons. The predicted molar refractivity (Wildman–Crippen MR) is 134 cm³/mol. The van der Waals surface area contributed by atoms with Gasteiger partial charge in [0, 0.05) is 21.3 Å². The van der Waals surface area contributed by atoms with Crippen LogP contribution in [0.25, 0.3) is 0 Å². The molecule has 7 heteroatoms. The number of carbonyl (C=O) groups excluding carboxylic acids is 2. The van der Waals surface area contributed by atoms with Crippen molar-refractivity contribution < 1.29 is 9.59 Å². The Balaban J connectivity index is 2.01. The van der Waals surface area contributed by atoms with E-state index in [1.54, 1.807) is 54.6 Å². The maximum Gasteiger partial charge on any atom is 0.261 e. The lowest BCUT2D eigenvalue weighted by molar-refractivity contribution is -0.122. The molecule has 3 aromatic carbocycles. The number of amides is 2. The number of rotatable bonds is 3. The fourth-order valence-corrected chi connectivity index (χ4v) is 4.01. The zero-order chi connectivity index (χ0) is 23.8. The number of halogens is 2. The Labute approximate surface area is 203 Å². The van der Waals surface area contributed by atoms with Crippen LogP contribution in [0.2, 0.25) is 10.0 Å². The lowest BCUT2D eigenvalue weighted by Crippen LogP contribution is -2.57. The standard InChI is InChI=1S/C26H23Cl2N3O2/c1-26(2,3)30-24(32)23-22(16-9-11-17(27)12-10-16)29-21-15-18(28)13-14-20(21)25(33)31(23)19-7-5-4-6-8-19/h4-15,23H,1-3H3,(H,30,32). The van der Waals surface area contributed by atoms with Gasteiger partial charge in [0.05, 0.1) is 17.0 Å². The minimum atomic E-state index is -1.02. The predicted octanol–water partition coefficient (Wildman–Crippen LogP) is 6.06. The Morgan fingerprint density at radius 2 is 1.58 bits per heavy atom. The molecule has 0 saturated heterocycles. The SMILES string of the molecule is CC(C)(C)NC(=O)C1C(c2ccc(Cl)cc2)=Nc2cc(Cl)ccc2C(=O)N1c1ccccc1. The Morgan fingerprint density at radius 3 is 2.21 bits per heavy atom. The molecule has 0 fully saturated rings. The second-order valence-corrected chi connectivity index (χ2v) is 9.69. The summed E-state index contributed by atoms with van der Waals surface area (Å²) in [6, 6.07) is 20.1. The Bertz CT molecular complexity index is 1230. The summed E-state index contributed by atoms with van der Waals surface area (Å²) < 4.78 is 0. The minimum Gasteiger partial charge on any atom is -0.349 e. The van der Waals surface area contributed by atoms with Gasteiger partial charge >= 0.3 is 0 Å². The molecule has 0 aromatic heterocycles. The first-order valence-corrected chi connectivity index (χ1v) is 11.2. The lowest BCUT2D eigenvalue weighted by Gasteiger charge is -2.33. The molecule has 1 N–H and O–H groups in total. The van der Waals surface area contributed by atoms with Gasteiger partial charge in [-0.3, -0.25) is 14.5 Å². The van der Waals surface area contributed by atoms with Crippen LogP contribution in [0.4, 0.5) is 11.4 Å². The van der Waals surface area contributed by atoms with Crippen molar-refractivity contribution in [3.63, 3.8) is 0 Å². The van der Waals surface area contributed by atoms with E-state index < -0.39 is 11.6 Å². The van der Waals surface area contributed by atoms with E-state index in [4.69, 9.17) is 28.2 Å². The molecule has 0 radical (unpaired) electrons. The topological polar surface area (TPSA) is 61.8 Å². The number of fused-ring (bicyclic) bond motifs is 1. The second-order valence-electron chi connectivity index (χ2n) is 8.82. The monoisotopic (exact) mass is 479 g/mol. The molecule has 5 nitrogen and oxygen atoms in total. The molecule has 0 saturated carbocycles. The Hall–Kier alpha value is -3.15. The summed E-state index contributed by atoms with van der Waals surface area (Å²) in [5, 5.41) is 4.03. The van der Waals surface area contributed by atoms with Gasteiger partial charge in [0.1, 0.15) is 0 Å². The molecule has 1 atom stereocenters. The van der Waals surface area contributed by atoms with Crippen molar-refractivity contribution in [1.29, 1.82) is 0 Å². The molecular formula is C26H23Cl2N3O2. The molecule has 2 amide bonds. The van der Waals surface area contributed by atoms with Gasteiger partial charge in [0.2, 0.25) is 5.91 Å². The maximum atomic E-state index is 13.9. The normalized spacial score (nSPS) is 16.0. The van der Waals surface area contributed by atoms with Crippen LogP contribution in [0.5, 0.6) is 0 Å². The van der Waals surface area contributed by atoms with Gasteiger partial charge in [0.15, 0.2) is 6.04 Å². The van der Waals surface area contributed by atoms with E-state index in [1.165, 1.54) is 4.90 Å². The van der Waals surface area contributed by atoms with Gasteiger partial charge in [-0.2, -0.15) is 0 Å². The third-order valence-electron chi connectivity index (χ3n) is 5.09. The first-order chi connectivity index (χ1) is 15.6. The van der Waals surface area contributed by atoms with Crippen LogP contribution < -0.4 is 10.2 Å². The molecule has 1 aliphatic rings. The van der Waals surface area contributed by atoms with Gasteiger partial charge in [-0.1, -0.05) is 53.5 Å². The highest BCUT2D eigenvalue weighted by atomic mass is 35.5. The van der Waals surface area contributed by atoms with Crippen LogP contribution in [-0.2, 0) is 4.79 Å². The summed E-state index contributed by atoms with van der Waals surface area (Å²) in [5.41, 5.74) is 1.93. The van der Waals surface area contributed by atoms with Gasteiger partial charge in [-0.15, -0.1) is 0 Å². The molecule has 0 spiro atoms. The maximum absolute atomic E-state index is 13.9. The number of para-hydroxylation sites is 1. The summed E-state index contributed by atoms with van der Waals surface area (Å²) in [5.74, 6) is -0.679. The highest BCUT2D eigenvalue weighted by molar-refractivity contribution is 6.32.